The highest BCUT2D eigenvalue weighted by molar-refractivity contribution is 5.80. The molecule has 0 aromatic heterocycles. The predicted molar refractivity (Wildman–Crippen MR) is 126 cm³/mol. The van der Waals surface area contributed by atoms with Gasteiger partial charge in [0.15, 0.2) is 5.96 Å². The van der Waals surface area contributed by atoms with E-state index in [4.69, 9.17) is 14.2 Å². The first-order chi connectivity index (χ1) is 15.2. The SMILES string of the molecule is CN=C(NCCc1c(OC)cc(OC)cc1OC)NC1CCCN(c2ccccc2)C1. The van der Waals surface area contributed by atoms with Crippen LogP contribution in [0.15, 0.2) is 47.5 Å². The Morgan fingerprint density at radius 1 is 1.06 bits per heavy atom. The van der Waals surface area contributed by atoms with Crippen LogP contribution in [0.1, 0.15) is 18.4 Å². The van der Waals surface area contributed by atoms with E-state index in [2.05, 4.69) is 50.9 Å². The van der Waals surface area contributed by atoms with Gasteiger partial charge in [0, 0.05) is 56.1 Å². The second kappa shape index (κ2) is 11.3. The summed E-state index contributed by atoms with van der Waals surface area (Å²) in [5.74, 6) is 3.04. The summed E-state index contributed by atoms with van der Waals surface area (Å²) in [4.78, 5) is 6.85. The first kappa shape index (κ1) is 22.6. The number of rotatable bonds is 8. The molecule has 7 heteroatoms. The van der Waals surface area contributed by atoms with Gasteiger partial charge in [-0.3, -0.25) is 4.99 Å². The number of benzene rings is 2. The summed E-state index contributed by atoms with van der Waals surface area (Å²) < 4.78 is 16.4. The third-order valence-electron chi connectivity index (χ3n) is 5.59. The van der Waals surface area contributed by atoms with Crippen LogP contribution in [0.3, 0.4) is 0 Å². The molecule has 1 aliphatic rings. The third-order valence-corrected chi connectivity index (χ3v) is 5.59. The van der Waals surface area contributed by atoms with Gasteiger partial charge in [-0.1, -0.05) is 18.2 Å². The van der Waals surface area contributed by atoms with Gasteiger partial charge in [0.1, 0.15) is 17.2 Å². The topological polar surface area (TPSA) is 67.4 Å². The molecule has 0 bridgehead atoms. The van der Waals surface area contributed by atoms with Crippen molar-refractivity contribution in [2.75, 3.05) is 52.9 Å². The van der Waals surface area contributed by atoms with Crippen LogP contribution in [0.5, 0.6) is 17.2 Å². The van der Waals surface area contributed by atoms with Crippen molar-refractivity contribution in [1.82, 2.24) is 10.6 Å². The van der Waals surface area contributed by atoms with E-state index in [9.17, 15) is 0 Å². The molecule has 2 N–H and O–H groups in total. The molecule has 2 aromatic rings. The number of ether oxygens (including phenoxy) is 3. The molecule has 168 valence electrons. The lowest BCUT2D eigenvalue weighted by molar-refractivity contribution is 0.368. The monoisotopic (exact) mass is 426 g/mol. The normalized spacial score (nSPS) is 16.6. The van der Waals surface area contributed by atoms with Crippen LogP contribution in [0.25, 0.3) is 0 Å². The summed E-state index contributed by atoms with van der Waals surface area (Å²) >= 11 is 0. The van der Waals surface area contributed by atoms with E-state index in [1.165, 1.54) is 5.69 Å². The Balaban J connectivity index is 1.57. The number of guanidine groups is 1. The van der Waals surface area contributed by atoms with Crippen molar-refractivity contribution in [2.24, 2.45) is 4.99 Å². The van der Waals surface area contributed by atoms with E-state index >= 15 is 0 Å². The summed E-state index contributed by atoms with van der Waals surface area (Å²) in [6.07, 6.45) is 3.02. The minimum atomic E-state index is 0.352. The van der Waals surface area contributed by atoms with Crippen LogP contribution in [-0.2, 0) is 6.42 Å². The van der Waals surface area contributed by atoms with Crippen molar-refractivity contribution in [2.45, 2.75) is 25.3 Å². The van der Waals surface area contributed by atoms with Crippen LogP contribution >= 0.6 is 0 Å². The van der Waals surface area contributed by atoms with Crippen molar-refractivity contribution in [3.05, 3.63) is 48.0 Å². The minimum Gasteiger partial charge on any atom is -0.496 e. The third kappa shape index (κ3) is 5.96. The summed E-state index contributed by atoms with van der Waals surface area (Å²) in [5, 5.41) is 7.01. The first-order valence-electron chi connectivity index (χ1n) is 10.7. The maximum atomic E-state index is 5.55. The summed E-state index contributed by atoms with van der Waals surface area (Å²) in [6.45, 7) is 2.75. The van der Waals surface area contributed by atoms with Gasteiger partial charge in [-0.25, -0.2) is 0 Å². The highest BCUT2D eigenvalue weighted by atomic mass is 16.5. The molecule has 0 radical (unpaired) electrons. The molecule has 31 heavy (non-hydrogen) atoms. The summed E-state index contributed by atoms with van der Waals surface area (Å²) in [7, 11) is 6.76. The van der Waals surface area contributed by atoms with Gasteiger partial charge in [0.25, 0.3) is 0 Å². The van der Waals surface area contributed by atoms with Gasteiger partial charge < -0.3 is 29.7 Å². The Morgan fingerprint density at radius 2 is 1.77 bits per heavy atom. The Kier molecular flexibility index (Phi) is 8.27. The molecule has 1 heterocycles. The van der Waals surface area contributed by atoms with E-state index in [0.717, 1.165) is 55.4 Å². The molecule has 7 nitrogen and oxygen atoms in total. The fraction of sp³-hybridized carbons (Fsp3) is 0.458. The van der Waals surface area contributed by atoms with Crippen molar-refractivity contribution >= 4 is 11.6 Å². The summed E-state index contributed by atoms with van der Waals surface area (Å²) in [5.41, 5.74) is 2.28. The lowest BCUT2D eigenvalue weighted by Crippen LogP contribution is -2.51. The predicted octanol–water partition coefficient (Wildman–Crippen LogP) is 3.09. The molecule has 0 amide bonds. The second-order valence-electron chi connectivity index (χ2n) is 7.52. The van der Waals surface area contributed by atoms with Gasteiger partial charge in [-0.15, -0.1) is 0 Å². The zero-order chi connectivity index (χ0) is 22.1. The fourth-order valence-electron chi connectivity index (χ4n) is 3.99. The highest BCUT2D eigenvalue weighted by Crippen LogP contribution is 2.34. The van der Waals surface area contributed by atoms with Gasteiger partial charge >= 0.3 is 0 Å². The van der Waals surface area contributed by atoms with Crippen molar-refractivity contribution in [1.29, 1.82) is 0 Å². The van der Waals surface area contributed by atoms with Crippen molar-refractivity contribution in [3.8, 4) is 17.2 Å². The Bertz CT molecular complexity index is 832. The first-order valence-corrected chi connectivity index (χ1v) is 10.7. The van der Waals surface area contributed by atoms with Crippen LogP contribution in [0, 0.1) is 0 Å². The number of nitrogens with one attached hydrogen (secondary N) is 2. The quantitative estimate of drug-likeness (QED) is 0.500. The molecule has 1 fully saturated rings. The molecule has 3 rings (SSSR count). The molecule has 1 aliphatic heterocycles. The highest BCUT2D eigenvalue weighted by Gasteiger charge is 2.21. The molecule has 1 saturated heterocycles. The lowest BCUT2D eigenvalue weighted by atomic mass is 10.0. The maximum absolute atomic E-state index is 5.55. The van der Waals surface area contributed by atoms with Gasteiger partial charge in [-0.05, 0) is 31.4 Å². The average molecular weight is 427 g/mol. The molecule has 2 aromatic carbocycles. The number of aliphatic imine (C=N–C) groups is 1. The van der Waals surface area contributed by atoms with Crippen LogP contribution in [-0.4, -0.2) is 60.0 Å². The number of hydrogen-bond donors (Lipinski definition) is 2. The van der Waals surface area contributed by atoms with Gasteiger partial charge in [0.2, 0.25) is 0 Å². The second-order valence-corrected chi connectivity index (χ2v) is 7.52. The number of hydrogen-bond acceptors (Lipinski definition) is 5. The van der Waals surface area contributed by atoms with Crippen LogP contribution in [0.2, 0.25) is 0 Å². The number of anilines is 1. The van der Waals surface area contributed by atoms with Crippen LogP contribution in [0.4, 0.5) is 5.69 Å². The van der Waals surface area contributed by atoms with Crippen molar-refractivity contribution < 1.29 is 14.2 Å². The molecule has 0 saturated carbocycles. The molecule has 1 atom stereocenters. The minimum absolute atomic E-state index is 0.352. The standard InChI is InChI=1S/C24H34N4O3/c1-25-24(27-18-9-8-14-28(17-18)19-10-6-5-7-11-19)26-13-12-21-22(30-3)15-20(29-2)16-23(21)31-4/h5-7,10-11,15-16,18H,8-9,12-14,17H2,1-4H3,(H2,25,26,27). The van der Waals surface area contributed by atoms with E-state index in [1.54, 1.807) is 21.3 Å². The number of para-hydroxylation sites is 1. The number of nitrogens with zero attached hydrogens (tertiary/aromatic N) is 2. The largest absolute Gasteiger partial charge is 0.496 e. The van der Waals surface area contributed by atoms with Gasteiger partial charge in [0.05, 0.1) is 21.3 Å². The number of methoxy groups -OCH3 is 3. The Labute approximate surface area is 185 Å². The smallest absolute Gasteiger partial charge is 0.191 e. The molecule has 1 unspecified atom stereocenters. The van der Waals surface area contributed by atoms with E-state index in [0.29, 0.717) is 18.3 Å². The average Bonchev–Trinajstić information content (AvgIpc) is 2.83. The Hall–Kier alpha value is -3.09. The van der Waals surface area contributed by atoms with E-state index in [1.807, 2.05) is 19.2 Å². The van der Waals surface area contributed by atoms with Crippen molar-refractivity contribution in [3.63, 3.8) is 0 Å². The van der Waals surface area contributed by atoms with Gasteiger partial charge in [-0.2, -0.15) is 0 Å². The number of piperidine rings is 1. The maximum Gasteiger partial charge on any atom is 0.191 e. The van der Waals surface area contributed by atoms with E-state index < -0.39 is 0 Å². The molecular formula is C24H34N4O3. The summed E-state index contributed by atoms with van der Waals surface area (Å²) in [6, 6.07) is 14.7. The lowest BCUT2D eigenvalue weighted by Gasteiger charge is -2.35. The molecular weight excluding hydrogens is 392 g/mol. The molecule has 0 spiro atoms. The van der Waals surface area contributed by atoms with E-state index in [-0.39, 0.29) is 0 Å². The zero-order valence-corrected chi connectivity index (χ0v) is 19.0. The Morgan fingerprint density at radius 3 is 2.39 bits per heavy atom. The fourth-order valence-corrected chi connectivity index (χ4v) is 3.99. The van der Waals surface area contributed by atoms with Crippen LogP contribution < -0.4 is 29.7 Å². The molecule has 0 aliphatic carbocycles. The zero-order valence-electron chi connectivity index (χ0n) is 19.0.